The van der Waals surface area contributed by atoms with Gasteiger partial charge in [-0.2, -0.15) is 12.1 Å². The number of para-hydroxylation sites is 4. The Morgan fingerprint density at radius 2 is 1.03 bits per heavy atom. The van der Waals surface area contributed by atoms with Gasteiger partial charge in [0.1, 0.15) is 5.82 Å². The number of fused-ring (bicyclic) bond motifs is 4. The Morgan fingerprint density at radius 3 is 1.61 bits per heavy atom. The summed E-state index contributed by atoms with van der Waals surface area (Å²) in [5, 5.41) is 2.24. The predicted molar refractivity (Wildman–Crippen MR) is 297 cm³/mol. The minimum atomic E-state index is -0.339. The van der Waals surface area contributed by atoms with E-state index >= 15 is 0 Å². The van der Waals surface area contributed by atoms with E-state index in [9.17, 15) is 0 Å². The van der Waals surface area contributed by atoms with Crippen molar-refractivity contribution in [3.63, 3.8) is 0 Å². The molecular weight excluding hydrogens is 1060 g/mol. The maximum absolute atomic E-state index is 6.78. The number of aromatic nitrogens is 2. The Kier molecular flexibility index (Phi) is 14.0. The average molecular weight is 1130 g/mol. The van der Waals surface area contributed by atoms with E-state index in [1.54, 1.807) is 0 Å². The topological polar surface area (TPSA) is 33.5 Å². The molecular formula is C66H67N4OPt-3. The molecule has 0 aliphatic carbocycles. The predicted octanol–water partition coefficient (Wildman–Crippen LogP) is 17.5. The van der Waals surface area contributed by atoms with Crippen LogP contribution in [0, 0.1) is 42.5 Å². The van der Waals surface area contributed by atoms with Gasteiger partial charge in [-0.15, -0.1) is 48.1 Å². The summed E-state index contributed by atoms with van der Waals surface area (Å²) in [7, 11) is 0. The second kappa shape index (κ2) is 19.9. The molecule has 0 radical (unpaired) electrons. The molecule has 0 bridgehead atoms. The number of ether oxygens (including phenoxy) is 1. The summed E-state index contributed by atoms with van der Waals surface area (Å²) in [5.41, 5.74) is 12.1. The van der Waals surface area contributed by atoms with Crippen LogP contribution in [0.3, 0.4) is 0 Å². The van der Waals surface area contributed by atoms with E-state index < -0.39 is 0 Å². The largest absolute Gasteiger partial charge is 0.509 e. The first-order chi connectivity index (χ1) is 34.2. The summed E-state index contributed by atoms with van der Waals surface area (Å²) in [6, 6.07) is 69.0. The van der Waals surface area contributed by atoms with Gasteiger partial charge in [-0.25, -0.2) is 4.98 Å². The van der Waals surface area contributed by atoms with Crippen LogP contribution >= 0.6 is 0 Å². The van der Waals surface area contributed by atoms with Crippen LogP contribution in [0.25, 0.3) is 27.6 Å². The molecule has 6 heteroatoms. The van der Waals surface area contributed by atoms with Crippen molar-refractivity contribution in [1.82, 2.24) is 9.55 Å². The number of hydrogen-bond donors (Lipinski definition) is 0. The van der Waals surface area contributed by atoms with E-state index in [1.807, 2.05) is 18.3 Å². The molecule has 0 amide bonds. The Balaban J connectivity index is 0.00000640. The second-order valence-electron chi connectivity index (χ2n) is 21.7. The van der Waals surface area contributed by atoms with Gasteiger partial charge in [0.2, 0.25) is 0 Å². The molecule has 0 N–H and O–H groups in total. The van der Waals surface area contributed by atoms with Crippen molar-refractivity contribution in [2.75, 3.05) is 9.80 Å². The normalized spacial score (nSPS) is 13.2. The summed E-state index contributed by atoms with van der Waals surface area (Å²) in [6.45, 7) is 28.3. The molecule has 7 aromatic carbocycles. The zero-order valence-electron chi connectivity index (χ0n) is 43.6. The van der Waals surface area contributed by atoms with E-state index in [0.29, 0.717) is 11.5 Å². The number of pyridine rings is 1. The molecule has 0 saturated heterocycles. The van der Waals surface area contributed by atoms with E-state index in [4.69, 9.17) is 9.72 Å². The molecule has 0 spiro atoms. The van der Waals surface area contributed by atoms with Gasteiger partial charge in [0.15, 0.2) is 0 Å². The molecule has 0 unspecified atom stereocenters. The Hall–Kier alpha value is -6.42. The first-order valence-corrected chi connectivity index (χ1v) is 25.6. The van der Waals surface area contributed by atoms with Gasteiger partial charge in [-0.3, -0.25) is 0 Å². The van der Waals surface area contributed by atoms with Gasteiger partial charge < -0.3 is 19.1 Å². The fourth-order valence-electron chi connectivity index (χ4n) is 12.5. The summed E-state index contributed by atoms with van der Waals surface area (Å²) in [4.78, 5) is 9.68. The number of benzene rings is 7. The van der Waals surface area contributed by atoms with Crippen molar-refractivity contribution in [2.24, 2.45) is 23.7 Å². The molecule has 0 saturated carbocycles. The second-order valence-corrected chi connectivity index (χ2v) is 21.7. The minimum Gasteiger partial charge on any atom is -0.509 e. The van der Waals surface area contributed by atoms with Gasteiger partial charge in [-0.05, 0) is 92.6 Å². The van der Waals surface area contributed by atoms with Crippen LogP contribution in [-0.2, 0) is 37.3 Å². The van der Waals surface area contributed by atoms with E-state index in [-0.39, 0.29) is 61.0 Å². The first kappa shape index (κ1) is 50.5. The average Bonchev–Trinajstić information content (AvgIpc) is 3.91. The Bertz CT molecular complexity index is 3250. The third kappa shape index (κ3) is 8.36. The molecule has 72 heavy (non-hydrogen) atoms. The van der Waals surface area contributed by atoms with Crippen molar-refractivity contribution < 1.29 is 25.8 Å². The smallest absolute Gasteiger partial charge is 0.135 e. The van der Waals surface area contributed by atoms with Crippen LogP contribution in [0.15, 0.2) is 176 Å². The summed E-state index contributed by atoms with van der Waals surface area (Å²) >= 11 is 0. The number of rotatable bonds is 13. The third-order valence-electron chi connectivity index (χ3n) is 15.6. The summed E-state index contributed by atoms with van der Waals surface area (Å²) in [6.07, 6.45) is 1.91. The number of nitrogens with zero attached hydrogens (tertiary/aromatic N) is 4. The van der Waals surface area contributed by atoms with Gasteiger partial charge in [0.05, 0.1) is 0 Å². The maximum Gasteiger partial charge on any atom is 0.135 e. The van der Waals surface area contributed by atoms with Crippen LogP contribution in [-0.4, -0.2) is 9.55 Å². The Labute approximate surface area is 443 Å². The first-order valence-electron chi connectivity index (χ1n) is 25.6. The standard InChI is InChI=1S/C66H67N4O.Pt/c1-44(2)65(45(3)4,48-24-14-12-15-25-48)56-31-23-32-57(66(46(5)6,47(7)8)49-26-16-13-17-27-49)63(56)69-43-68(59-34-20-21-35-60(59)69)51-28-22-29-52(41-51)71-53-36-37-55-54-30-18-19-33-58(54)70(61(55)42-53)62-40-50(38-39-67-62)64(9,10)11;/h12-40,43-47H,1-11H3;/q-3;. The minimum absolute atomic E-state index is 0. The zero-order chi connectivity index (χ0) is 49.8. The van der Waals surface area contributed by atoms with Gasteiger partial charge in [0, 0.05) is 72.2 Å². The quantitative estimate of drug-likeness (QED) is 0.108. The molecule has 370 valence electrons. The third-order valence-corrected chi connectivity index (χ3v) is 15.6. The Morgan fingerprint density at radius 1 is 0.500 bits per heavy atom. The molecule has 1 aliphatic heterocycles. The molecule has 0 atom stereocenters. The van der Waals surface area contributed by atoms with Crippen LogP contribution in [0.5, 0.6) is 11.5 Å². The molecule has 10 rings (SSSR count). The zero-order valence-corrected chi connectivity index (χ0v) is 45.9. The number of anilines is 4. The van der Waals surface area contributed by atoms with E-state index in [1.165, 1.54) is 33.5 Å². The molecule has 3 heterocycles. The maximum atomic E-state index is 6.78. The van der Waals surface area contributed by atoms with Gasteiger partial charge in [-0.1, -0.05) is 191 Å². The van der Waals surface area contributed by atoms with Crippen LogP contribution in [0.1, 0.15) is 104 Å². The van der Waals surface area contributed by atoms with Crippen molar-refractivity contribution in [1.29, 1.82) is 0 Å². The molecule has 5 nitrogen and oxygen atoms in total. The number of hydrogen-bond acceptors (Lipinski definition) is 4. The van der Waals surface area contributed by atoms with E-state index in [2.05, 4.69) is 267 Å². The molecule has 2 aromatic heterocycles. The SMILES string of the molecule is CC(C)C(c1ccccc1)(c1cccc(C(c2ccccc2)(C(C)C)C(C)C)c1N1[CH-]N(c2[c-]c(Oc3[c-]c4c(cc3)c3ccccc3n4-c3cc(C(C)(C)C)ccn3)ccc2)c2ccccc21)C(C)C.[Pt]. The van der Waals surface area contributed by atoms with Crippen molar-refractivity contribution in [2.45, 2.75) is 92.4 Å². The van der Waals surface area contributed by atoms with Crippen LogP contribution < -0.4 is 14.5 Å². The van der Waals surface area contributed by atoms with Gasteiger partial charge in [0.25, 0.3) is 0 Å². The van der Waals surface area contributed by atoms with Crippen molar-refractivity contribution in [3.8, 4) is 17.3 Å². The van der Waals surface area contributed by atoms with E-state index in [0.717, 1.165) is 44.7 Å². The van der Waals surface area contributed by atoms with Gasteiger partial charge >= 0.3 is 0 Å². The summed E-state index contributed by atoms with van der Waals surface area (Å²) < 4.78 is 8.99. The van der Waals surface area contributed by atoms with Crippen molar-refractivity contribution in [3.05, 3.63) is 223 Å². The van der Waals surface area contributed by atoms with Crippen LogP contribution in [0.2, 0.25) is 0 Å². The molecule has 9 aromatic rings. The van der Waals surface area contributed by atoms with Crippen LogP contribution in [0.4, 0.5) is 22.7 Å². The van der Waals surface area contributed by atoms with Crippen molar-refractivity contribution >= 4 is 44.6 Å². The monoisotopic (exact) mass is 1130 g/mol. The summed E-state index contributed by atoms with van der Waals surface area (Å²) in [5.74, 6) is 3.12. The fourth-order valence-corrected chi connectivity index (χ4v) is 12.5. The molecule has 0 fully saturated rings. The fraction of sp³-hybridized carbons (Fsp3) is 0.273. The molecule has 1 aliphatic rings.